The Morgan fingerprint density at radius 1 is 1.27 bits per heavy atom. The summed E-state index contributed by atoms with van der Waals surface area (Å²) >= 11 is 0. The van der Waals surface area contributed by atoms with Crippen molar-refractivity contribution in [1.29, 1.82) is 0 Å². The van der Waals surface area contributed by atoms with Crippen LogP contribution in [0.2, 0.25) is 0 Å². The second-order valence-corrected chi connectivity index (χ2v) is 6.00. The standard InChI is InChI=1S/C16H23F3N2O/c1-3-7-11(4-2)14(22)10-21-13-9-6-5-8-12(13)15(20-21)16(17,18)19/h11H,3-10H2,1-2H3. The molecule has 0 aliphatic heterocycles. The van der Waals surface area contributed by atoms with Crippen molar-refractivity contribution in [3.8, 4) is 0 Å². The second-order valence-electron chi connectivity index (χ2n) is 6.00. The van der Waals surface area contributed by atoms with Gasteiger partial charge in [-0.25, -0.2) is 0 Å². The number of nitrogens with zero attached hydrogens (tertiary/aromatic N) is 2. The quantitative estimate of drug-likeness (QED) is 0.789. The first-order chi connectivity index (χ1) is 10.4. The summed E-state index contributed by atoms with van der Waals surface area (Å²) in [5.41, 5.74) is 0.118. The molecule has 0 radical (unpaired) electrons. The first kappa shape index (κ1) is 17.0. The molecule has 6 heteroatoms. The fourth-order valence-electron chi connectivity index (χ4n) is 3.25. The molecule has 1 aliphatic rings. The van der Waals surface area contributed by atoms with Crippen molar-refractivity contribution < 1.29 is 18.0 Å². The van der Waals surface area contributed by atoms with E-state index in [0.717, 1.165) is 32.1 Å². The smallest absolute Gasteiger partial charge is 0.297 e. The highest BCUT2D eigenvalue weighted by atomic mass is 19.4. The molecule has 0 bridgehead atoms. The van der Waals surface area contributed by atoms with E-state index >= 15 is 0 Å². The molecule has 0 amide bonds. The summed E-state index contributed by atoms with van der Waals surface area (Å²) in [6, 6.07) is 0. The molecule has 1 heterocycles. The number of ketones is 1. The van der Waals surface area contributed by atoms with E-state index < -0.39 is 11.9 Å². The average molecular weight is 316 g/mol. The van der Waals surface area contributed by atoms with Gasteiger partial charge in [-0.2, -0.15) is 18.3 Å². The van der Waals surface area contributed by atoms with E-state index in [1.54, 1.807) is 0 Å². The molecule has 0 fully saturated rings. The number of halogens is 3. The van der Waals surface area contributed by atoms with Crippen LogP contribution in [0.15, 0.2) is 0 Å². The van der Waals surface area contributed by atoms with Crippen LogP contribution in [-0.4, -0.2) is 15.6 Å². The summed E-state index contributed by atoms with van der Waals surface area (Å²) in [7, 11) is 0. The first-order valence-electron chi connectivity index (χ1n) is 8.06. The largest absolute Gasteiger partial charge is 0.435 e. The summed E-state index contributed by atoms with van der Waals surface area (Å²) in [6.07, 6.45) is 0.562. The Balaban J connectivity index is 2.28. The molecule has 3 nitrogen and oxygen atoms in total. The van der Waals surface area contributed by atoms with Gasteiger partial charge >= 0.3 is 6.18 Å². The number of hydrogen-bond acceptors (Lipinski definition) is 2. The molecule has 1 aromatic rings. The van der Waals surface area contributed by atoms with Gasteiger partial charge in [-0.05, 0) is 38.5 Å². The Bertz CT molecular complexity index is 534. The lowest BCUT2D eigenvalue weighted by atomic mass is 9.94. The zero-order valence-corrected chi connectivity index (χ0v) is 13.2. The summed E-state index contributed by atoms with van der Waals surface area (Å²) in [6.45, 7) is 3.92. The van der Waals surface area contributed by atoms with Crippen molar-refractivity contribution in [1.82, 2.24) is 9.78 Å². The number of hydrogen-bond donors (Lipinski definition) is 0. The fraction of sp³-hybridized carbons (Fsp3) is 0.750. The average Bonchev–Trinajstić information content (AvgIpc) is 2.84. The summed E-state index contributed by atoms with van der Waals surface area (Å²) < 4.78 is 40.7. The van der Waals surface area contributed by atoms with E-state index in [4.69, 9.17) is 0 Å². The zero-order valence-electron chi connectivity index (χ0n) is 13.2. The molecule has 0 saturated carbocycles. The van der Waals surface area contributed by atoms with Crippen LogP contribution < -0.4 is 0 Å². The molecule has 0 saturated heterocycles. The number of alkyl halides is 3. The first-order valence-corrected chi connectivity index (χ1v) is 8.06. The highest BCUT2D eigenvalue weighted by Gasteiger charge is 2.39. The van der Waals surface area contributed by atoms with Gasteiger partial charge in [0.1, 0.15) is 6.54 Å². The van der Waals surface area contributed by atoms with Crippen molar-refractivity contribution in [2.24, 2.45) is 5.92 Å². The molecule has 1 atom stereocenters. The minimum Gasteiger partial charge on any atom is -0.297 e. The number of fused-ring (bicyclic) bond motifs is 1. The van der Waals surface area contributed by atoms with Crippen LogP contribution in [0.3, 0.4) is 0 Å². The number of aromatic nitrogens is 2. The molecular formula is C16H23F3N2O. The fourth-order valence-corrected chi connectivity index (χ4v) is 3.25. The van der Waals surface area contributed by atoms with Crippen molar-refractivity contribution >= 4 is 5.78 Å². The van der Waals surface area contributed by atoms with E-state index in [0.29, 0.717) is 24.1 Å². The third-order valence-corrected chi connectivity index (χ3v) is 4.42. The minimum absolute atomic E-state index is 0.00560. The molecule has 0 N–H and O–H groups in total. The van der Waals surface area contributed by atoms with E-state index in [1.807, 2.05) is 13.8 Å². The van der Waals surface area contributed by atoms with Crippen LogP contribution in [0.25, 0.3) is 0 Å². The SMILES string of the molecule is CCCC(CC)C(=O)Cn1nc(C(F)(F)F)c2c1CCCC2. The summed E-state index contributed by atoms with van der Waals surface area (Å²) in [5.74, 6) is -0.0864. The Hall–Kier alpha value is -1.33. The number of Topliss-reactive ketones (excluding diaryl/α,β-unsaturated/α-hetero) is 1. The molecular weight excluding hydrogens is 293 g/mol. The van der Waals surface area contributed by atoms with Crippen molar-refractivity contribution in [3.63, 3.8) is 0 Å². The Kier molecular flexibility index (Phi) is 5.29. The van der Waals surface area contributed by atoms with Crippen molar-refractivity contribution in [2.75, 3.05) is 0 Å². The van der Waals surface area contributed by atoms with Gasteiger partial charge in [-0.3, -0.25) is 9.48 Å². The lowest BCUT2D eigenvalue weighted by Crippen LogP contribution is -2.22. The maximum Gasteiger partial charge on any atom is 0.435 e. The van der Waals surface area contributed by atoms with Gasteiger partial charge in [-0.1, -0.05) is 20.3 Å². The highest BCUT2D eigenvalue weighted by molar-refractivity contribution is 5.80. The minimum atomic E-state index is -4.44. The Morgan fingerprint density at radius 3 is 2.55 bits per heavy atom. The van der Waals surface area contributed by atoms with Gasteiger partial charge in [0.05, 0.1) is 0 Å². The number of carbonyl (C=O) groups excluding carboxylic acids is 1. The summed E-state index contributed by atoms with van der Waals surface area (Å²) in [4.78, 5) is 12.3. The van der Waals surface area contributed by atoms with E-state index in [2.05, 4.69) is 5.10 Å². The third-order valence-electron chi connectivity index (χ3n) is 4.42. The van der Waals surface area contributed by atoms with Crippen LogP contribution in [0, 0.1) is 5.92 Å². The molecule has 124 valence electrons. The second kappa shape index (κ2) is 6.84. The normalized spacial score (nSPS) is 16.4. The molecule has 0 spiro atoms. The van der Waals surface area contributed by atoms with E-state index in [9.17, 15) is 18.0 Å². The van der Waals surface area contributed by atoms with Crippen LogP contribution in [0.4, 0.5) is 13.2 Å². The van der Waals surface area contributed by atoms with Crippen LogP contribution in [0.1, 0.15) is 62.9 Å². The predicted octanol–water partition coefficient (Wildman–Crippen LogP) is 4.18. The Labute approximate surface area is 128 Å². The van der Waals surface area contributed by atoms with Crippen LogP contribution in [-0.2, 0) is 30.4 Å². The lowest BCUT2D eigenvalue weighted by Gasteiger charge is -2.16. The third kappa shape index (κ3) is 3.52. The molecule has 1 unspecified atom stereocenters. The van der Waals surface area contributed by atoms with Crippen LogP contribution >= 0.6 is 0 Å². The monoisotopic (exact) mass is 316 g/mol. The van der Waals surface area contributed by atoms with Crippen molar-refractivity contribution in [3.05, 3.63) is 17.0 Å². The molecule has 0 aromatic carbocycles. The van der Waals surface area contributed by atoms with Gasteiger partial charge in [0.25, 0.3) is 0 Å². The number of rotatable bonds is 6. The van der Waals surface area contributed by atoms with Crippen molar-refractivity contribution in [2.45, 2.75) is 71.5 Å². The highest BCUT2D eigenvalue weighted by Crippen LogP contribution is 2.35. The van der Waals surface area contributed by atoms with Gasteiger partial charge in [0, 0.05) is 17.2 Å². The Morgan fingerprint density at radius 2 is 1.95 bits per heavy atom. The van der Waals surface area contributed by atoms with E-state index in [1.165, 1.54) is 4.68 Å². The molecule has 22 heavy (non-hydrogen) atoms. The maximum atomic E-state index is 13.1. The topological polar surface area (TPSA) is 34.9 Å². The predicted molar refractivity (Wildman–Crippen MR) is 77.6 cm³/mol. The molecule has 1 aliphatic carbocycles. The van der Waals surface area contributed by atoms with Gasteiger partial charge in [0.15, 0.2) is 11.5 Å². The van der Waals surface area contributed by atoms with Gasteiger partial charge < -0.3 is 0 Å². The maximum absolute atomic E-state index is 13.1. The zero-order chi connectivity index (χ0) is 16.3. The number of carbonyl (C=O) groups is 1. The van der Waals surface area contributed by atoms with Gasteiger partial charge in [-0.15, -0.1) is 0 Å². The molecule has 1 aromatic heterocycles. The van der Waals surface area contributed by atoms with Gasteiger partial charge in [0.2, 0.25) is 0 Å². The van der Waals surface area contributed by atoms with Crippen LogP contribution in [0.5, 0.6) is 0 Å². The lowest BCUT2D eigenvalue weighted by molar-refractivity contribution is -0.142. The molecule has 2 rings (SSSR count). The van der Waals surface area contributed by atoms with E-state index in [-0.39, 0.29) is 18.2 Å². The summed E-state index contributed by atoms with van der Waals surface area (Å²) in [5, 5.41) is 3.75.